The second-order valence-electron chi connectivity index (χ2n) is 5.53. The number of benzene rings is 1. The molecule has 1 amide bonds. The minimum absolute atomic E-state index is 0.359. The topological polar surface area (TPSA) is 51.1 Å². The van der Waals surface area contributed by atoms with Gasteiger partial charge in [0, 0.05) is 18.0 Å². The van der Waals surface area contributed by atoms with Gasteiger partial charge in [0.25, 0.3) is 5.56 Å². The van der Waals surface area contributed by atoms with Crippen LogP contribution in [0.15, 0.2) is 35.3 Å². The van der Waals surface area contributed by atoms with Gasteiger partial charge in [-0.15, -0.1) is 0 Å². The first-order chi connectivity index (χ1) is 10.3. The van der Waals surface area contributed by atoms with Crippen LogP contribution in [-0.2, 0) is 4.79 Å². The van der Waals surface area contributed by atoms with E-state index in [1.54, 1.807) is 6.92 Å². The fourth-order valence-corrected chi connectivity index (χ4v) is 2.51. The molecule has 0 spiro atoms. The van der Waals surface area contributed by atoms with Gasteiger partial charge in [-0.2, -0.15) is 0 Å². The average molecular weight is 302 g/mol. The number of halogens is 1. The van der Waals surface area contributed by atoms with Gasteiger partial charge in [-0.25, -0.2) is 4.39 Å². The SMILES string of the molecule is Cc1cc(C)c(NC(=O)C(C)n2cc(F)ccc2=O)c(C)c1. The predicted molar refractivity (Wildman–Crippen MR) is 84.7 cm³/mol. The summed E-state index contributed by atoms with van der Waals surface area (Å²) in [5.41, 5.74) is 3.32. The van der Waals surface area contributed by atoms with Crippen LogP contribution in [0.4, 0.5) is 10.1 Å². The first kappa shape index (κ1) is 15.9. The van der Waals surface area contributed by atoms with Crippen molar-refractivity contribution < 1.29 is 9.18 Å². The first-order valence-electron chi connectivity index (χ1n) is 7.06. The maximum absolute atomic E-state index is 13.3. The number of aryl methyl sites for hydroxylation is 3. The molecule has 0 saturated carbocycles. The number of amides is 1. The Morgan fingerprint density at radius 2 is 1.77 bits per heavy atom. The molecule has 4 nitrogen and oxygen atoms in total. The summed E-state index contributed by atoms with van der Waals surface area (Å²) in [5.74, 6) is -0.912. The lowest BCUT2D eigenvalue weighted by molar-refractivity contribution is -0.118. The van der Waals surface area contributed by atoms with E-state index < -0.39 is 17.4 Å². The molecule has 1 atom stereocenters. The molecule has 1 aromatic carbocycles. The fraction of sp³-hybridized carbons (Fsp3) is 0.294. The van der Waals surface area contributed by atoms with Gasteiger partial charge in [-0.05, 0) is 44.9 Å². The van der Waals surface area contributed by atoms with Crippen molar-refractivity contribution in [2.24, 2.45) is 0 Å². The number of hydrogen-bond acceptors (Lipinski definition) is 2. The maximum Gasteiger partial charge on any atom is 0.251 e. The number of rotatable bonds is 3. The van der Waals surface area contributed by atoms with E-state index in [1.807, 2.05) is 32.9 Å². The zero-order valence-electron chi connectivity index (χ0n) is 13.1. The summed E-state index contributed by atoms with van der Waals surface area (Å²) in [6.45, 7) is 7.37. The number of anilines is 1. The molecule has 1 N–H and O–H groups in total. The van der Waals surface area contributed by atoms with Crippen LogP contribution in [0.5, 0.6) is 0 Å². The molecule has 2 aromatic rings. The lowest BCUT2D eigenvalue weighted by Gasteiger charge is -2.18. The monoisotopic (exact) mass is 302 g/mol. The van der Waals surface area contributed by atoms with E-state index in [1.165, 1.54) is 0 Å². The standard InChI is InChI=1S/C17H19FN2O2/c1-10-7-11(2)16(12(3)8-10)19-17(22)13(4)20-9-14(18)5-6-15(20)21/h5-9,13H,1-4H3,(H,19,22). The van der Waals surface area contributed by atoms with E-state index in [2.05, 4.69) is 5.32 Å². The largest absolute Gasteiger partial charge is 0.324 e. The van der Waals surface area contributed by atoms with E-state index in [0.29, 0.717) is 0 Å². The molecule has 0 fully saturated rings. The summed E-state index contributed by atoms with van der Waals surface area (Å²) in [4.78, 5) is 24.1. The van der Waals surface area contributed by atoms with Gasteiger partial charge in [0.15, 0.2) is 0 Å². The zero-order valence-corrected chi connectivity index (χ0v) is 13.1. The Balaban J connectivity index is 2.30. The maximum atomic E-state index is 13.3. The third kappa shape index (κ3) is 3.24. The second-order valence-corrected chi connectivity index (χ2v) is 5.53. The predicted octanol–water partition coefficient (Wildman–Crippen LogP) is 3.11. The quantitative estimate of drug-likeness (QED) is 0.947. The highest BCUT2D eigenvalue weighted by Crippen LogP contribution is 2.23. The van der Waals surface area contributed by atoms with Crippen LogP contribution in [0.25, 0.3) is 0 Å². The molecule has 0 radical (unpaired) electrons. The summed E-state index contributed by atoms with van der Waals surface area (Å²) in [7, 11) is 0. The molecule has 0 bridgehead atoms. The fourth-order valence-electron chi connectivity index (χ4n) is 2.51. The molecule has 0 aliphatic rings. The van der Waals surface area contributed by atoms with Crippen molar-refractivity contribution in [1.82, 2.24) is 4.57 Å². The van der Waals surface area contributed by atoms with E-state index >= 15 is 0 Å². The smallest absolute Gasteiger partial charge is 0.251 e. The second kappa shape index (κ2) is 6.13. The minimum Gasteiger partial charge on any atom is -0.324 e. The van der Waals surface area contributed by atoms with Gasteiger partial charge in [0.2, 0.25) is 5.91 Å². The third-order valence-corrected chi connectivity index (χ3v) is 3.62. The number of aromatic nitrogens is 1. The van der Waals surface area contributed by atoms with Crippen LogP contribution < -0.4 is 10.9 Å². The lowest BCUT2D eigenvalue weighted by Crippen LogP contribution is -2.31. The molecule has 22 heavy (non-hydrogen) atoms. The molecule has 1 unspecified atom stereocenters. The van der Waals surface area contributed by atoms with Crippen molar-refractivity contribution in [2.45, 2.75) is 33.7 Å². The minimum atomic E-state index is -0.802. The number of nitrogens with one attached hydrogen (secondary N) is 1. The summed E-state index contributed by atoms with van der Waals surface area (Å²) >= 11 is 0. The Morgan fingerprint density at radius 1 is 1.18 bits per heavy atom. The van der Waals surface area contributed by atoms with E-state index in [0.717, 1.165) is 45.3 Å². The molecule has 1 aromatic heterocycles. The van der Waals surface area contributed by atoms with Gasteiger partial charge in [0.1, 0.15) is 11.9 Å². The number of hydrogen-bond donors (Lipinski definition) is 1. The van der Waals surface area contributed by atoms with Crippen LogP contribution in [0.1, 0.15) is 29.7 Å². The Labute approximate surface area is 128 Å². The van der Waals surface area contributed by atoms with E-state index in [9.17, 15) is 14.0 Å². The third-order valence-electron chi connectivity index (χ3n) is 3.62. The van der Waals surface area contributed by atoms with Gasteiger partial charge in [-0.3, -0.25) is 9.59 Å². The van der Waals surface area contributed by atoms with Gasteiger partial charge in [-0.1, -0.05) is 17.7 Å². The number of pyridine rings is 1. The molecule has 2 rings (SSSR count). The molecule has 116 valence electrons. The molecule has 1 heterocycles. The van der Waals surface area contributed by atoms with Gasteiger partial charge in [0.05, 0.1) is 0 Å². The van der Waals surface area contributed by atoms with Crippen molar-refractivity contribution in [3.8, 4) is 0 Å². The molecule has 0 saturated heterocycles. The summed E-state index contributed by atoms with van der Waals surface area (Å²) < 4.78 is 14.4. The van der Waals surface area contributed by atoms with Crippen LogP contribution in [0, 0.1) is 26.6 Å². The van der Waals surface area contributed by atoms with Gasteiger partial charge >= 0.3 is 0 Å². The first-order valence-corrected chi connectivity index (χ1v) is 7.06. The summed E-state index contributed by atoms with van der Waals surface area (Å²) in [6, 6.07) is 5.34. The van der Waals surface area contributed by atoms with Crippen molar-refractivity contribution in [3.05, 3.63) is 63.3 Å². The molecule has 0 aliphatic carbocycles. The number of carbonyl (C=O) groups is 1. The summed E-state index contributed by atoms with van der Waals surface area (Å²) in [6.07, 6.45) is 1.04. The van der Waals surface area contributed by atoms with Gasteiger partial charge < -0.3 is 9.88 Å². The van der Waals surface area contributed by atoms with E-state index in [4.69, 9.17) is 0 Å². The molecule has 5 heteroatoms. The highest BCUT2D eigenvalue weighted by Gasteiger charge is 2.18. The highest BCUT2D eigenvalue weighted by atomic mass is 19.1. The van der Waals surface area contributed by atoms with Crippen molar-refractivity contribution in [2.75, 3.05) is 5.32 Å². The van der Waals surface area contributed by atoms with Crippen LogP contribution in [-0.4, -0.2) is 10.5 Å². The van der Waals surface area contributed by atoms with E-state index in [-0.39, 0.29) is 5.91 Å². The van der Waals surface area contributed by atoms with Crippen LogP contribution in [0.3, 0.4) is 0 Å². The molecule has 0 aliphatic heterocycles. The number of nitrogens with zero attached hydrogens (tertiary/aromatic N) is 1. The zero-order chi connectivity index (χ0) is 16.4. The Morgan fingerprint density at radius 3 is 2.36 bits per heavy atom. The van der Waals surface area contributed by atoms with Crippen LogP contribution in [0.2, 0.25) is 0 Å². The van der Waals surface area contributed by atoms with Crippen molar-refractivity contribution >= 4 is 11.6 Å². The van der Waals surface area contributed by atoms with Crippen molar-refractivity contribution in [1.29, 1.82) is 0 Å². The average Bonchev–Trinajstić information content (AvgIpc) is 2.44. The van der Waals surface area contributed by atoms with Crippen molar-refractivity contribution in [3.63, 3.8) is 0 Å². The Bertz CT molecular complexity index is 757. The normalized spacial score (nSPS) is 12.0. The lowest BCUT2D eigenvalue weighted by atomic mass is 10.0. The Hall–Kier alpha value is -2.43. The molecular weight excluding hydrogens is 283 g/mol. The van der Waals surface area contributed by atoms with Crippen LogP contribution >= 0.6 is 0 Å². The summed E-state index contributed by atoms with van der Waals surface area (Å²) in [5, 5.41) is 2.83. The highest BCUT2D eigenvalue weighted by molar-refractivity contribution is 5.94. The Kier molecular flexibility index (Phi) is 4.45. The molecular formula is C17H19FN2O2. The number of carbonyl (C=O) groups excluding carboxylic acids is 1.